The van der Waals surface area contributed by atoms with Crippen molar-refractivity contribution >= 4 is 56.8 Å². The highest BCUT2D eigenvalue weighted by Gasteiger charge is 2.34. The van der Waals surface area contributed by atoms with E-state index in [2.05, 4.69) is 21.2 Å². The summed E-state index contributed by atoms with van der Waals surface area (Å²) in [4.78, 5) is 26.9. The van der Waals surface area contributed by atoms with Crippen LogP contribution in [0.5, 0.6) is 5.75 Å². The van der Waals surface area contributed by atoms with E-state index < -0.39 is 11.8 Å². The summed E-state index contributed by atoms with van der Waals surface area (Å²) in [5.74, 6) is -0.787. The maximum atomic E-state index is 13.1. The van der Waals surface area contributed by atoms with Crippen LogP contribution < -0.4 is 15.0 Å². The van der Waals surface area contributed by atoms with Gasteiger partial charge in [-0.1, -0.05) is 35.9 Å². The number of aryl methyl sites for hydroxylation is 1. The zero-order chi connectivity index (χ0) is 23.5. The predicted octanol–water partition coefficient (Wildman–Crippen LogP) is 5.31. The number of anilines is 1. The van der Waals surface area contributed by atoms with E-state index in [-0.39, 0.29) is 23.1 Å². The lowest BCUT2D eigenvalue weighted by molar-refractivity contribution is -0.122. The van der Waals surface area contributed by atoms with Gasteiger partial charge in [-0.15, -0.1) is 0 Å². The molecule has 1 saturated heterocycles. The van der Waals surface area contributed by atoms with Crippen molar-refractivity contribution in [2.24, 2.45) is 0 Å². The smallest absolute Gasteiger partial charge is 0.270 e. The normalized spacial score (nSPS) is 15.1. The van der Waals surface area contributed by atoms with Crippen molar-refractivity contribution in [2.75, 3.05) is 4.90 Å². The molecule has 166 valence electrons. The van der Waals surface area contributed by atoms with E-state index >= 15 is 0 Å². The highest BCUT2D eigenvalue weighted by atomic mass is 79.9. The summed E-state index contributed by atoms with van der Waals surface area (Å²) in [6.45, 7) is 2.21. The fourth-order valence-electron chi connectivity index (χ4n) is 3.22. The number of halogens is 2. The standard InChI is InChI=1S/C25H18BrFN2O3S/c1-15-2-9-19(10-3-15)29-24(31)20(23(30)28-25(29)33)12-17-6-11-22(21(26)13-17)32-14-16-4-7-18(27)8-5-16/h2-13H,14H2,1H3,(H,28,30,33)/b20-12-. The Morgan fingerprint density at radius 2 is 1.76 bits per heavy atom. The van der Waals surface area contributed by atoms with Crippen LogP contribution in [0.4, 0.5) is 10.1 Å². The highest BCUT2D eigenvalue weighted by molar-refractivity contribution is 9.10. The molecule has 1 fully saturated rings. The molecule has 1 aliphatic rings. The number of hydrogen-bond donors (Lipinski definition) is 1. The Labute approximate surface area is 204 Å². The van der Waals surface area contributed by atoms with Gasteiger partial charge in [-0.3, -0.25) is 19.8 Å². The molecular weight excluding hydrogens is 507 g/mol. The topological polar surface area (TPSA) is 58.6 Å². The lowest BCUT2D eigenvalue weighted by Crippen LogP contribution is -2.54. The average Bonchev–Trinajstić information content (AvgIpc) is 2.78. The summed E-state index contributed by atoms with van der Waals surface area (Å²) in [7, 11) is 0. The zero-order valence-electron chi connectivity index (χ0n) is 17.5. The van der Waals surface area contributed by atoms with E-state index in [4.69, 9.17) is 17.0 Å². The number of ether oxygens (including phenoxy) is 1. The number of nitrogens with zero attached hydrogens (tertiary/aromatic N) is 1. The minimum atomic E-state index is -0.555. The van der Waals surface area contributed by atoms with Gasteiger partial charge in [0.2, 0.25) is 0 Å². The number of nitrogens with one attached hydrogen (secondary N) is 1. The van der Waals surface area contributed by atoms with Gasteiger partial charge in [0.05, 0.1) is 10.2 Å². The second kappa shape index (κ2) is 9.64. The molecular formula is C25H18BrFN2O3S. The van der Waals surface area contributed by atoms with E-state index in [1.165, 1.54) is 23.1 Å². The third-order valence-corrected chi connectivity index (χ3v) is 5.87. The van der Waals surface area contributed by atoms with Gasteiger partial charge in [-0.05, 0) is 88.7 Å². The molecule has 8 heteroatoms. The van der Waals surface area contributed by atoms with E-state index in [9.17, 15) is 14.0 Å². The maximum absolute atomic E-state index is 13.1. The Morgan fingerprint density at radius 1 is 1.06 bits per heavy atom. The van der Waals surface area contributed by atoms with Crippen molar-refractivity contribution in [3.8, 4) is 5.75 Å². The van der Waals surface area contributed by atoms with Crippen LogP contribution in [0.25, 0.3) is 6.08 Å². The van der Waals surface area contributed by atoms with Crippen LogP contribution >= 0.6 is 28.1 Å². The van der Waals surface area contributed by atoms with Crippen molar-refractivity contribution in [1.29, 1.82) is 0 Å². The largest absolute Gasteiger partial charge is 0.488 e. The molecule has 0 radical (unpaired) electrons. The van der Waals surface area contributed by atoms with Crippen LogP contribution in [0.1, 0.15) is 16.7 Å². The van der Waals surface area contributed by atoms with Crippen molar-refractivity contribution in [2.45, 2.75) is 13.5 Å². The molecule has 0 aliphatic carbocycles. The molecule has 33 heavy (non-hydrogen) atoms. The van der Waals surface area contributed by atoms with Gasteiger partial charge < -0.3 is 4.74 Å². The van der Waals surface area contributed by atoms with Crippen LogP contribution in [0, 0.1) is 12.7 Å². The molecule has 1 heterocycles. The second-order valence-electron chi connectivity index (χ2n) is 7.40. The summed E-state index contributed by atoms with van der Waals surface area (Å²) in [6, 6.07) is 18.6. The molecule has 3 aromatic rings. The number of benzene rings is 3. The molecule has 5 nitrogen and oxygen atoms in total. The van der Waals surface area contributed by atoms with Crippen LogP contribution in [0.3, 0.4) is 0 Å². The Kier molecular flexibility index (Phi) is 6.67. The Bertz CT molecular complexity index is 1270. The lowest BCUT2D eigenvalue weighted by Gasteiger charge is -2.29. The Balaban J connectivity index is 1.55. The molecule has 0 saturated carbocycles. The lowest BCUT2D eigenvalue weighted by atomic mass is 10.1. The van der Waals surface area contributed by atoms with E-state index in [1.807, 2.05) is 19.1 Å². The molecule has 1 N–H and O–H groups in total. The minimum absolute atomic E-state index is 0.0314. The number of rotatable bonds is 5. The summed E-state index contributed by atoms with van der Waals surface area (Å²) in [6.07, 6.45) is 1.51. The zero-order valence-corrected chi connectivity index (χ0v) is 19.9. The molecule has 0 atom stereocenters. The average molecular weight is 525 g/mol. The van der Waals surface area contributed by atoms with Gasteiger partial charge >= 0.3 is 0 Å². The van der Waals surface area contributed by atoms with Gasteiger partial charge in [0.15, 0.2) is 5.11 Å². The minimum Gasteiger partial charge on any atom is -0.488 e. The van der Waals surface area contributed by atoms with Crippen LogP contribution in [0.15, 0.2) is 76.8 Å². The number of hydrogen-bond acceptors (Lipinski definition) is 4. The van der Waals surface area contributed by atoms with Gasteiger partial charge in [-0.25, -0.2) is 4.39 Å². The Hall–Kier alpha value is -3.36. The van der Waals surface area contributed by atoms with E-state index in [1.54, 1.807) is 42.5 Å². The van der Waals surface area contributed by atoms with Crippen LogP contribution in [-0.2, 0) is 16.2 Å². The summed E-state index contributed by atoms with van der Waals surface area (Å²) < 4.78 is 19.5. The van der Waals surface area contributed by atoms with Gasteiger partial charge in [-0.2, -0.15) is 0 Å². The first-order valence-corrected chi connectivity index (χ1v) is 11.2. The van der Waals surface area contributed by atoms with Crippen molar-refractivity contribution in [3.63, 3.8) is 0 Å². The SMILES string of the molecule is Cc1ccc(N2C(=O)/C(=C\c3ccc(OCc4ccc(F)cc4)c(Br)c3)C(=O)NC2=S)cc1. The fraction of sp³-hybridized carbons (Fsp3) is 0.0800. The molecule has 0 spiro atoms. The molecule has 0 bridgehead atoms. The first-order valence-electron chi connectivity index (χ1n) is 9.97. The summed E-state index contributed by atoms with van der Waals surface area (Å²) in [5.41, 5.74) is 3.04. The molecule has 1 aliphatic heterocycles. The molecule has 0 aromatic heterocycles. The second-order valence-corrected chi connectivity index (χ2v) is 8.64. The van der Waals surface area contributed by atoms with Gasteiger partial charge in [0, 0.05) is 0 Å². The van der Waals surface area contributed by atoms with Crippen LogP contribution in [0.2, 0.25) is 0 Å². The summed E-state index contributed by atoms with van der Waals surface area (Å²) >= 11 is 8.69. The van der Waals surface area contributed by atoms with Gasteiger partial charge in [0.25, 0.3) is 11.8 Å². The molecule has 2 amide bonds. The molecule has 4 rings (SSSR count). The number of carbonyl (C=O) groups is 2. The first-order chi connectivity index (χ1) is 15.8. The first kappa shape index (κ1) is 22.8. The van der Waals surface area contributed by atoms with E-state index in [0.717, 1.165) is 11.1 Å². The monoisotopic (exact) mass is 524 g/mol. The number of amides is 2. The van der Waals surface area contributed by atoms with Crippen molar-refractivity contribution < 1.29 is 18.7 Å². The number of thiocarbonyl (C=S) groups is 1. The predicted molar refractivity (Wildman–Crippen MR) is 132 cm³/mol. The molecule has 3 aromatic carbocycles. The number of carbonyl (C=O) groups excluding carboxylic acids is 2. The quantitative estimate of drug-likeness (QED) is 0.279. The third-order valence-electron chi connectivity index (χ3n) is 4.97. The van der Waals surface area contributed by atoms with Crippen LogP contribution in [-0.4, -0.2) is 16.9 Å². The fourth-order valence-corrected chi connectivity index (χ4v) is 4.01. The summed E-state index contributed by atoms with van der Waals surface area (Å²) in [5, 5.41) is 2.62. The third kappa shape index (κ3) is 5.18. The highest BCUT2D eigenvalue weighted by Crippen LogP contribution is 2.29. The van der Waals surface area contributed by atoms with E-state index in [0.29, 0.717) is 21.5 Å². The van der Waals surface area contributed by atoms with Crippen molar-refractivity contribution in [1.82, 2.24) is 5.32 Å². The van der Waals surface area contributed by atoms with Gasteiger partial charge in [0.1, 0.15) is 23.7 Å². The Morgan fingerprint density at radius 3 is 2.42 bits per heavy atom. The van der Waals surface area contributed by atoms with Crippen molar-refractivity contribution in [3.05, 3.63) is 99.3 Å². The molecule has 0 unspecified atom stereocenters. The maximum Gasteiger partial charge on any atom is 0.270 e.